The maximum atomic E-state index is 13.4. The van der Waals surface area contributed by atoms with E-state index in [1.54, 1.807) is 17.0 Å². The molecule has 0 unspecified atom stereocenters. The van der Waals surface area contributed by atoms with Crippen molar-refractivity contribution in [2.45, 2.75) is 24.9 Å². The highest BCUT2D eigenvalue weighted by Crippen LogP contribution is 2.29. The highest BCUT2D eigenvalue weighted by molar-refractivity contribution is 6.31. The molecule has 0 saturated carbocycles. The van der Waals surface area contributed by atoms with Gasteiger partial charge in [-0.1, -0.05) is 35.3 Å². The van der Waals surface area contributed by atoms with Gasteiger partial charge in [0.05, 0.1) is 17.0 Å². The van der Waals surface area contributed by atoms with E-state index in [0.717, 1.165) is 18.1 Å². The molecular weight excluding hydrogens is 446 g/mol. The number of amides is 2. The van der Waals surface area contributed by atoms with Crippen LogP contribution in [-0.4, -0.2) is 54.2 Å². The number of aliphatic hydroxyl groups excluding tert-OH is 1. The van der Waals surface area contributed by atoms with E-state index in [1.807, 2.05) is 12.1 Å². The third kappa shape index (κ3) is 6.56. The van der Waals surface area contributed by atoms with Crippen LogP contribution >= 0.6 is 23.2 Å². The summed E-state index contributed by atoms with van der Waals surface area (Å²) in [5.74, 6) is -1.06. The Morgan fingerprint density at radius 2 is 2.00 bits per heavy atom. The molecule has 2 N–H and O–H groups in total. The molecule has 0 spiro atoms. The van der Waals surface area contributed by atoms with Gasteiger partial charge in [-0.15, -0.1) is 0 Å². The normalized spacial score (nSPS) is 17.0. The van der Waals surface area contributed by atoms with Gasteiger partial charge in [0, 0.05) is 30.7 Å². The van der Waals surface area contributed by atoms with Crippen molar-refractivity contribution in [1.29, 1.82) is 0 Å². The number of nitrogens with one attached hydrogen (secondary N) is 1. The molecule has 1 aliphatic rings. The van der Waals surface area contributed by atoms with Crippen LogP contribution < -0.4 is 10.1 Å². The van der Waals surface area contributed by atoms with Gasteiger partial charge in [-0.05, 0) is 42.7 Å². The van der Waals surface area contributed by atoms with Gasteiger partial charge in [0.25, 0.3) is 5.91 Å². The van der Waals surface area contributed by atoms with Gasteiger partial charge in [-0.25, -0.2) is 4.39 Å². The summed E-state index contributed by atoms with van der Waals surface area (Å²) in [6, 6.07) is 11.1. The van der Waals surface area contributed by atoms with Crippen LogP contribution in [0.4, 0.5) is 4.39 Å². The van der Waals surface area contributed by atoms with Crippen LogP contribution in [0, 0.1) is 5.82 Å². The molecule has 0 radical (unpaired) electrons. The highest BCUT2D eigenvalue weighted by atomic mass is 35.5. The summed E-state index contributed by atoms with van der Waals surface area (Å²) in [6.45, 7) is 0.734. The second-order valence-electron chi connectivity index (χ2n) is 7.33. The smallest absolute Gasteiger partial charge is 0.258 e. The Kier molecular flexibility index (Phi) is 8.12. The SMILES string of the molecule is O=C(COc1ccc(Cl)c(F)c1)NC[C@@H](O)CCN1CC[C@@H](c2ccc(Cl)cc2)C1=O. The van der Waals surface area contributed by atoms with Crippen LogP contribution in [0.3, 0.4) is 0 Å². The molecule has 0 bridgehead atoms. The van der Waals surface area contributed by atoms with Gasteiger partial charge in [-0.2, -0.15) is 0 Å². The van der Waals surface area contributed by atoms with Crippen molar-refractivity contribution in [2.75, 3.05) is 26.2 Å². The first-order valence-electron chi connectivity index (χ1n) is 9.90. The Morgan fingerprint density at radius 1 is 1.26 bits per heavy atom. The molecule has 9 heteroatoms. The third-order valence-electron chi connectivity index (χ3n) is 5.10. The molecule has 166 valence electrons. The first-order valence-corrected chi connectivity index (χ1v) is 10.7. The zero-order valence-electron chi connectivity index (χ0n) is 16.7. The monoisotopic (exact) mass is 468 g/mol. The first kappa shape index (κ1) is 23.3. The lowest BCUT2D eigenvalue weighted by Crippen LogP contribution is -2.37. The minimum absolute atomic E-state index is 0.0276. The fourth-order valence-corrected chi connectivity index (χ4v) is 3.61. The van der Waals surface area contributed by atoms with Crippen LogP contribution in [0.1, 0.15) is 24.3 Å². The number of carbonyl (C=O) groups is 2. The van der Waals surface area contributed by atoms with Gasteiger partial charge in [0.2, 0.25) is 5.91 Å². The Balaban J connectivity index is 1.36. The maximum Gasteiger partial charge on any atom is 0.258 e. The van der Waals surface area contributed by atoms with Crippen molar-refractivity contribution in [3.05, 3.63) is 63.9 Å². The Labute approximate surface area is 189 Å². The lowest BCUT2D eigenvalue weighted by atomic mass is 9.98. The summed E-state index contributed by atoms with van der Waals surface area (Å²) in [5, 5.41) is 13.3. The molecular formula is C22H23Cl2FN2O4. The van der Waals surface area contributed by atoms with E-state index in [0.29, 0.717) is 24.5 Å². The molecule has 1 saturated heterocycles. The number of benzene rings is 2. The number of carbonyl (C=O) groups excluding carboxylic acids is 2. The average Bonchev–Trinajstić information content (AvgIpc) is 3.12. The highest BCUT2D eigenvalue weighted by Gasteiger charge is 2.32. The lowest BCUT2D eigenvalue weighted by molar-refractivity contribution is -0.129. The van der Waals surface area contributed by atoms with Crippen molar-refractivity contribution in [3.8, 4) is 5.75 Å². The van der Waals surface area contributed by atoms with E-state index in [4.69, 9.17) is 27.9 Å². The second-order valence-corrected chi connectivity index (χ2v) is 8.17. The van der Waals surface area contributed by atoms with E-state index in [9.17, 15) is 19.1 Å². The van der Waals surface area contributed by atoms with Gasteiger partial charge in [-0.3, -0.25) is 9.59 Å². The van der Waals surface area contributed by atoms with Gasteiger partial charge in [0.15, 0.2) is 6.61 Å². The van der Waals surface area contributed by atoms with Crippen molar-refractivity contribution in [1.82, 2.24) is 10.2 Å². The number of ether oxygens (including phenoxy) is 1. The van der Waals surface area contributed by atoms with E-state index in [1.165, 1.54) is 12.1 Å². The maximum absolute atomic E-state index is 13.4. The number of nitrogens with zero attached hydrogens (tertiary/aromatic N) is 1. The molecule has 1 aliphatic heterocycles. The minimum Gasteiger partial charge on any atom is -0.484 e. The Hall–Kier alpha value is -2.35. The Morgan fingerprint density at radius 3 is 2.71 bits per heavy atom. The molecule has 6 nitrogen and oxygen atoms in total. The van der Waals surface area contributed by atoms with Crippen molar-refractivity contribution in [2.24, 2.45) is 0 Å². The molecule has 0 aromatic heterocycles. The molecule has 2 atom stereocenters. The fourth-order valence-electron chi connectivity index (χ4n) is 3.37. The zero-order valence-corrected chi connectivity index (χ0v) is 18.2. The second kappa shape index (κ2) is 10.8. The van der Waals surface area contributed by atoms with Crippen molar-refractivity contribution in [3.63, 3.8) is 0 Å². The number of halogens is 3. The standard InChI is InChI=1S/C22H23Cl2FN2O4/c23-15-3-1-14(2-4-15)18-8-10-27(22(18)30)9-7-16(28)12-26-21(29)13-31-17-5-6-19(24)20(25)11-17/h1-6,11,16,18,28H,7-10,12-13H2,(H,26,29)/t16-,18-/m0/s1. The third-order valence-corrected chi connectivity index (χ3v) is 5.66. The molecule has 1 heterocycles. The van der Waals surface area contributed by atoms with Crippen LogP contribution in [-0.2, 0) is 9.59 Å². The summed E-state index contributed by atoms with van der Waals surface area (Å²) >= 11 is 11.5. The molecule has 2 aromatic carbocycles. The molecule has 0 aliphatic carbocycles. The first-order chi connectivity index (χ1) is 14.8. The summed E-state index contributed by atoms with van der Waals surface area (Å²) in [6.07, 6.45) is 0.248. The largest absolute Gasteiger partial charge is 0.484 e. The van der Waals surface area contributed by atoms with E-state index >= 15 is 0 Å². The van der Waals surface area contributed by atoms with E-state index in [-0.39, 0.29) is 35.7 Å². The Bertz CT molecular complexity index is 926. The minimum atomic E-state index is -0.806. The number of likely N-dealkylation sites (tertiary alicyclic amines) is 1. The average molecular weight is 469 g/mol. The number of rotatable bonds is 9. The molecule has 31 heavy (non-hydrogen) atoms. The molecule has 2 aromatic rings. The predicted octanol–water partition coefficient (Wildman–Crippen LogP) is 3.39. The van der Waals surface area contributed by atoms with E-state index < -0.39 is 17.8 Å². The van der Waals surface area contributed by atoms with Crippen LogP contribution in [0.15, 0.2) is 42.5 Å². The van der Waals surface area contributed by atoms with Crippen LogP contribution in [0.2, 0.25) is 10.0 Å². The zero-order chi connectivity index (χ0) is 22.4. The topological polar surface area (TPSA) is 78.9 Å². The number of hydrogen-bond acceptors (Lipinski definition) is 4. The lowest BCUT2D eigenvalue weighted by Gasteiger charge is -2.19. The van der Waals surface area contributed by atoms with Crippen molar-refractivity contribution >= 4 is 35.0 Å². The summed E-state index contributed by atoms with van der Waals surface area (Å²) < 4.78 is 18.6. The van der Waals surface area contributed by atoms with E-state index in [2.05, 4.69) is 5.32 Å². The van der Waals surface area contributed by atoms with Crippen LogP contribution in [0.5, 0.6) is 5.75 Å². The molecule has 1 fully saturated rings. The number of aliphatic hydroxyl groups is 1. The summed E-state index contributed by atoms with van der Waals surface area (Å²) in [5.41, 5.74) is 0.935. The van der Waals surface area contributed by atoms with Crippen LogP contribution in [0.25, 0.3) is 0 Å². The fraction of sp³-hybridized carbons (Fsp3) is 0.364. The number of hydrogen-bond donors (Lipinski definition) is 2. The summed E-state index contributed by atoms with van der Waals surface area (Å²) in [7, 11) is 0. The van der Waals surface area contributed by atoms with Gasteiger partial charge >= 0.3 is 0 Å². The van der Waals surface area contributed by atoms with Gasteiger partial charge in [0.1, 0.15) is 11.6 Å². The molecule has 2 amide bonds. The molecule has 3 rings (SSSR count). The van der Waals surface area contributed by atoms with Gasteiger partial charge < -0.3 is 20.1 Å². The van der Waals surface area contributed by atoms with Crippen molar-refractivity contribution < 1.29 is 23.8 Å². The summed E-state index contributed by atoms with van der Waals surface area (Å²) in [4.78, 5) is 26.2. The quantitative estimate of drug-likeness (QED) is 0.590. The predicted molar refractivity (Wildman–Crippen MR) is 116 cm³/mol.